The van der Waals surface area contributed by atoms with Crippen molar-refractivity contribution >= 4 is 116 Å². The number of anilines is 8. The van der Waals surface area contributed by atoms with Gasteiger partial charge in [-0.3, -0.25) is 0 Å². The Morgan fingerprint density at radius 2 is 0.772 bits per heavy atom. The van der Waals surface area contributed by atoms with Gasteiger partial charge in [-0.2, -0.15) is 0 Å². The maximum atomic E-state index is 6.47. The number of halogens is 2. The van der Waals surface area contributed by atoms with E-state index in [1.165, 1.54) is 188 Å². The third-order valence-electron chi connectivity index (χ3n) is 26.0. The molecule has 2 aromatic heterocycles. The van der Waals surface area contributed by atoms with E-state index in [9.17, 15) is 0 Å². The highest BCUT2D eigenvalue weighted by atomic mass is 79.9. The molecule has 0 radical (unpaired) electrons. The van der Waals surface area contributed by atoms with Crippen LogP contribution in [0.5, 0.6) is 0 Å². The van der Waals surface area contributed by atoms with Gasteiger partial charge in [0.1, 0.15) is 0 Å². The summed E-state index contributed by atoms with van der Waals surface area (Å²) in [6, 6.07) is 77.1. The molecular formula is C106H126BrClN4S2. The first kappa shape index (κ1) is 84.0. The van der Waals surface area contributed by atoms with Gasteiger partial charge in [0.2, 0.25) is 0 Å². The fraction of sp³-hybridized carbons (Fsp3) is 0.396. The molecule has 8 heteroatoms. The van der Waals surface area contributed by atoms with Crippen LogP contribution in [-0.4, -0.2) is 11.1 Å². The second kappa shape index (κ2) is 31.2. The summed E-state index contributed by atoms with van der Waals surface area (Å²) in [5.41, 5.74) is 35.3. The van der Waals surface area contributed by atoms with E-state index in [4.69, 9.17) is 17.3 Å². The van der Waals surface area contributed by atoms with Crippen molar-refractivity contribution in [3.63, 3.8) is 0 Å². The van der Waals surface area contributed by atoms with Gasteiger partial charge in [-0.05, 0) is 266 Å². The molecule has 4 atom stereocenters. The van der Waals surface area contributed by atoms with Crippen molar-refractivity contribution in [2.75, 3.05) is 20.4 Å². The van der Waals surface area contributed by atoms with Crippen molar-refractivity contribution in [2.45, 2.75) is 272 Å². The maximum absolute atomic E-state index is 6.47. The fourth-order valence-corrected chi connectivity index (χ4v) is 21.3. The molecule has 596 valence electrons. The number of fused-ring (bicyclic) bond motifs is 8. The first-order valence-corrected chi connectivity index (χ1v) is 44.7. The lowest BCUT2D eigenvalue weighted by Gasteiger charge is -2.50. The molecule has 0 amide bonds. The molecular weight excluding hydrogens is 1510 g/mol. The number of thiophene rings is 2. The van der Waals surface area contributed by atoms with Crippen molar-refractivity contribution in [3.05, 3.63) is 282 Å². The Hall–Kier alpha value is -7.91. The lowest BCUT2D eigenvalue weighted by Crippen LogP contribution is -2.54. The highest BCUT2D eigenvalue weighted by Crippen LogP contribution is 2.64. The van der Waals surface area contributed by atoms with Crippen molar-refractivity contribution < 1.29 is 0 Å². The summed E-state index contributed by atoms with van der Waals surface area (Å²) in [4.78, 5) is 7.94. The topological polar surface area (TPSA) is 35.7 Å². The zero-order chi connectivity index (χ0) is 82.4. The minimum absolute atomic E-state index is 0.0121. The lowest BCUT2D eigenvalue weighted by atomic mass is 9.61. The molecule has 2 saturated carbocycles. The number of rotatable bonds is 7. The highest BCUT2D eigenvalue weighted by Gasteiger charge is 2.59. The largest absolute Gasteiger partial charge is 0.398 e. The van der Waals surface area contributed by atoms with E-state index in [0.29, 0.717) is 0 Å². The monoisotopic (exact) mass is 1630 g/mol. The SMILES string of the molecule is CC(C)(C)c1ccc(N)c(-c2ccccc2)c1.CC(C)(C)c1ccc2scc(Br)c2c1.Cc1cc(Cl)cc(N2c3ccc(C(C)(C)C)cc3C3(C)CCCCC23C)c1.Cc1cc(N(c2ccc(C(C)(C)C)cc2-c2ccccc2)c2csc3ccc(C(C)(C)C)cc23)cc(N2c3ccc(C(C)(C)C)cc3C3(C)CCCCC23C)c1. The Morgan fingerprint density at radius 3 is 1.25 bits per heavy atom. The third-order valence-corrected chi connectivity index (χ3v) is 29.1. The minimum atomic E-state index is -0.0414. The Kier molecular flexibility index (Phi) is 23.0. The second-order valence-electron chi connectivity index (χ2n) is 40.5. The smallest absolute Gasteiger partial charge is 0.0647 e. The number of benzene rings is 10. The molecule has 10 aromatic carbocycles. The van der Waals surface area contributed by atoms with Gasteiger partial charge >= 0.3 is 0 Å². The molecule has 114 heavy (non-hydrogen) atoms. The summed E-state index contributed by atoms with van der Waals surface area (Å²) in [5, 5.41) is 8.01. The first-order valence-electron chi connectivity index (χ1n) is 41.8. The normalized spacial score (nSPS) is 19.5. The van der Waals surface area contributed by atoms with Crippen LogP contribution in [0.4, 0.5) is 45.5 Å². The molecule has 2 aliphatic heterocycles. The molecule has 4 aliphatic rings. The van der Waals surface area contributed by atoms with Crippen LogP contribution in [0.25, 0.3) is 42.4 Å². The van der Waals surface area contributed by atoms with Gasteiger partial charge in [-0.15, -0.1) is 22.7 Å². The van der Waals surface area contributed by atoms with Gasteiger partial charge in [-0.1, -0.05) is 285 Å². The van der Waals surface area contributed by atoms with E-state index in [1.807, 2.05) is 41.7 Å². The third kappa shape index (κ3) is 16.4. The van der Waals surface area contributed by atoms with E-state index >= 15 is 0 Å². The van der Waals surface area contributed by atoms with Gasteiger partial charge in [0.05, 0.1) is 22.5 Å². The van der Waals surface area contributed by atoms with Gasteiger partial charge in [0, 0.05) is 96.5 Å². The van der Waals surface area contributed by atoms with Crippen LogP contribution in [0.2, 0.25) is 5.02 Å². The predicted molar refractivity (Wildman–Crippen MR) is 506 cm³/mol. The Bertz CT molecular complexity index is 5490. The van der Waals surface area contributed by atoms with Gasteiger partial charge in [0.15, 0.2) is 0 Å². The standard InChI is InChI=1S/C53H62N2S.C25H32ClN.C16H19N.C12H13BrS/c1-35-28-40(33-41(29-35)55-46-24-21-39(51(8,9)10)32-44(46)52(11)26-16-17-27-53(52,55)12)54(47-34-56-48-25-22-38(31-43(47)48)50(5,6)7)45-23-20-37(49(2,3)4)30-42(45)36-18-14-13-15-19-36;1-17-13-19(26)16-20(14-17)27-22-10-9-18(23(2,3)4)15-21(22)24(5)11-7-8-12-25(24,27)6;1-16(2,3)13-9-10-15(17)14(11-13)12-7-5-4-6-8-12;1-12(2,3)8-4-5-11-9(6-8)10(13)7-14-11/h13-15,18-25,28-34H,16-17,26-27H2,1-12H3;9-10,13-16H,7-8,11-12H2,1-6H3;4-11H,17H2,1-3H3;4-7H,1-3H3. The molecule has 2 N–H and O–H groups in total. The Labute approximate surface area is 707 Å². The highest BCUT2D eigenvalue weighted by molar-refractivity contribution is 9.10. The molecule has 4 heterocycles. The fourth-order valence-electron chi connectivity index (χ4n) is 18.5. The van der Waals surface area contributed by atoms with E-state index < -0.39 is 0 Å². The summed E-state index contributed by atoms with van der Waals surface area (Å²) in [5.74, 6) is 0. The Balaban J connectivity index is 0.000000159. The molecule has 16 rings (SSSR count). The number of hydrogen-bond donors (Lipinski definition) is 1. The molecule has 4 unspecified atom stereocenters. The average Bonchev–Trinajstić information content (AvgIpc) is 1.54. The average molecular weight is 1640 g/mol. The summed E-state index contributed by atoms with van der Waals surface area (Å²) in [6.07, 6.45) is 9.99. The van der Waals surface area contributed by atoms with Crippen molar-refractivity contribution in [3.8, 4) is 22.3 Å². The van der Waals surface area contributed by atoms with Crippen LogP contribution in [0.3, 0.4) is 0 Å². The van der Waals surface area contributed by atoms with Crippen LogP contribution >= 0.6 is 50.2 Å². The van der Waals surface area contributed by atoms with Crippen LogP contribution in [-0.2, 0) is 43.3 Å². The molecule has 2 fully saturated rings. The lowest BCUT2D eigenvalue weighted by molar-refractivity contribution is 0.194. The maximum Gasteiger partial charge on any atom is 0.0647 e. The van der Waals surface area contributed by atoms with E-state index in [-0.39, 0.29) is 54.4 Å². The first-order chi connectivity index (χ1) is 53.3. The van der Waals surface area contributed by atoms with Crippen LogP contribution in [0.1, 0.15) is 259 Å². The molecule has 0 spiro atoms. The van der Waals surface area contributed by atoms with E-state index in [1.54, 1.807) is 11.3 Å². The molecule has 0 bridgehead atoms. The predicted octanol–water partition coefficient (Wildman–Crippen LogP) is 32.9. The zero-order valence-corrected chi connectivity index (χ0v) is 76.9. The summed E-state index contributed by atoms with van der Waals surface area (Å²) < 4.78 is 3.88. The van der Waals surface area contributed by atoms with E-state index in [0.717, 1.165) is 16.3 Å². The zero-order valence-electron chi connectivity index (χ0n) is 72.9. The van der Waals surface area contributed by atoms with Gasteiger partial charge < -0.3 is 20.4 Å². The van der Waals surface area contributed by atoms with Gasteiger partial charge in [0.25, 0.3) is 0 Å². The van der Waals surface area contributed by atoms with Crippen LogP contribution in [0, 0.1) is 13.8 Å². The second-order valence-corrected chi connectivity index (χ2v) is 43.6. The molecule has 2 aliphatic carbocycles. The number of hydrogen-bond acceptors (Lipinski definition) is 6. The summed E-state index contributed by atoms with van der Waals surface area (Å²) >= 11 is 13.7. The number of nitrogen functional groups attached to an aromatic ring is 1. The van der Waals surface area contributed by atoms with Crippen LogP contribution in [0.15, 0.2) is 221 Å². The van der Waals surface area contributed by atoms with Crippen molar-refractivity contribution in [2.24, 2.45) is 0 Å². The number of nitrogens with two attached hydrogens (primary N) is 1. The summed E-state index contributed by atoms with van der Waals surface area (Å²) in [6.45, 7) is 55.8. The number of nitrogens with zero attached hydrogens (tertiary/aromatic N) is 3. The van der Waals surface area contributed by atoms with Crippen LogP contribution < -0.4 is 20.4 Å². The Morgan fingerprint density at radius 1 is 0.386 bits per heavy atom. The van der Waals surface area contributed by atoms with Crippen molar-refractivity contribution in [1.29, 1.82) is 0 Å². The molecule has 12 aromatic rings. The minimum Gasteiger partial charge on any atom is -0.398 e. The number of aryl methyl sites for hydroxylation is 2. The van der Waals surface area contributed by atoms with Gasteiger partial charge in [-0.25, -0.2) is 0 Å². The van der Waals surface area contributed by atoms with E-state index in [2.05, 4.69) is 383 Å². The molecule has 0 saturated heterocycles. The quantitative estimate of drug-likeness (QED) is 0.161. The summed E-state index contributed by atoms with van der Waals surface area (Å²) in [7, 11) is 0. The molecule has 4 nitrogen and oxygen atoms in total. The van der Waals surface area contributed by atoms with Crippen molar-refractivity contribution in [1.82, 2.24) is 0 Å².